The molecule has 0 saturated carbocycles. The van der Waals surface area contributed by atoms with E-state index in [-0.39, 0.29) is 17.8 Å². The zero-order valence-corrected chi connectivity index (χ0v) is 27.9. The molecule has 1 fully saturated rings. The molecule has 2 amide bonds. The van der Waals surface area contributed by atoms with Crippen molar-refractivity contribution in [1.29, 1.82) is 0 Å². The molecule has 1 aliphatic heterocycles. The van der Waals surface area contributed by atoms with Crippen molar-refractivity contribution in [2.75, 3.05) is 51.3 Å². The predicted molar refractivity (Wildman–Crippen MR) is 175 cm³/mol. The predicted octanol–water partition coefficient (Wildman–Crippen LogP) is 6.95. The maximum absolute atomic E-state index is 13.5. The number of ether oxygens (including phenoxy) is 1. The number of halogens is 2. The lowest BCUT2D eigenvalue weighted by Gasteiger charge is -2.26. The van der Waals surface area contributed by atoms with Crippen molar-refractivity contribution < 1.29 is 18.7 Å². The fourth-order valence-electron chi connectivity index (χ4n) is 3.78. The van der Waals surface area contributed by atoms with Crippen LogP contribution in [0.5, 0.6) is 0 Å². The number of morpholine rings is 1. The second-order valence-corrected chi connectivity index (χ2v) is 12.0. The third-order valence-corrected chi connectivity index (χ3v) is 6.05. The Morgan fingerprint density at radius 1 is 1.02 bits per heavy atom. The van der Waals surface area contributed by atoms with Gasteiger partial charge in [0.1, 0.15) is 5.82 Å². The fourth-order valence-corrected chi connectivity index (χ4v) is 4.01. The maximum Gasteiger partial charge on any atom is 0.211 e. The van der Waals surface area contributed by atoms with E-state index in [0.717, 1.165) is 68.2 Å². The SMILES string of the molecule is CC.CC(C)(C)C.Cc1ccc(C(C)NCC(C)c2cc(F)cc(Cl)c2)c(NC=O)c1.O=CNCCN1CCOCC1. The van der Waals surface area contributed by atoms with E-state index < -0.39 is 0 Å². The number of rotatable bonds is 11. The lowest BCUT2D eigenvalue weighted by molar-refractivity contribution is -0.109. The van der Waals surface area contributed by atoms with Gasteiger partial charge >= 0.3 is 0 Å². The van der Waals surface area contributed by atoms with E-state index >= 15 is 0 Å². The molecule has 42 heavy (non-hydrogen) atoms. The molecule has 3 rings (SSSR count). The summed E-state index contributed by atoms with van der Waals surface area (Å²) in [5.41, 5.74) is 4.25. The van der Waals surface area contributed by atoms with Crippen LogP contribution in [0.3, 0.4) is 0 Å². The monoisotopic (exact) mass is 608 g/mol. The molecule has 1 heterocycles. The molecule has 0 aliphatic carbocycles. The number of benzene rings is 2. The van der Waals surface area contributed by atoms with Gasteiger partial charge in [-0.1, -0.05) is 72.2 Å². The van der Waals surface area contributed by atoms with E-state index in [0.29, 0.717) is 23.4 Å². The molecule has 9 heteroatoms. The van der Waals surface area contributed by atoms with Crippen molar-refractivity contribution in [3.8, 4) is 0 Å². The summed E-state index contributed by atoms with van der Waals surface area (Å²) < 4.78 is 18.7. The highest BCUT2D eigenvalue weighted by Gasteiger charge is 2.14. The minimum Gasteiger partial charge on any atom is -0.379 e. The summed E-state index contributed by atoms with van der Waals surface area (Å²) in [5.74, 6) is -0.220. The number of hydrogen-bond donors (Lipinski definition) is 3. The van der Waals surface area contributed by atoms with Gasteiger partial charge < -0.3 is 20.7 Å². The quantitative estimate of drug-likeness (QED) is 0.190. The molecule has 0 spiro atoms. The highest BCUT2D eigenvalue weighted by Crippen LogP contribution is 2.26. The molecule has 2 unspecified atom stereocenters. The third-order valence-electron chi connectivity index (χ3n) is 5.83. The summed E-state index contributed by atoms with van der Waals surface area (Å²) >= 11 is 5.92. The average molecular weight is 609 g/mol. The van der Waals surface area contributed by atoms with Crippen molar-refractivity contribution in [2.45, 2.75) is 74.3 Å². The van der Waals surface area contributed by atoms with Crippen LogP contribution in [0.25, 0.3) is 0 Å². The first-order valence-electron chi connectivity index (χ1n) is 14.8. The summed E-state index contributed by atoms with van der Waals surface area (Å²) in [6.07, 6.45) is 1.42. The molecule has 0 radical (unpaired) electrons. The van der Waals surface area contributed by atoms with Crippen LogP contribution in [-0.4, -0.2) is 63.7 Å². The van der Waals surface area contributed by atoms with Gasteiger partial charge in [0.05, 0.1) is 13.2 Å². The molecule has 2 aromatic carbocycles. The standard InChI is InChI=1S/C19H22ClFN2O.C7H14N2O2.C5H12.C2H6/c1-12-4-5-18(19(6-12)23-11-24)14(3)22-10-13(2)15-7-16(20)9-17(21)8-15;10-7-8-1-2-9-3-5-11-6-4-9;1-5(2,3)4;1-2/h4-9,11,13-14,22H,10H2,1-3H3,(H,23,24);7H,1-6H2,(H,8,10);1-4H3;1-2H3. The van der Waals surface area contributed by atoms with Gasteiger partial charge in [-0.05, 0) is 66.1 Å². The Labute approximate surface area is 258 Å². The summed E-state index contributed by atoms with van der Waals surface area (Å²) in [6.45, 7) is 24.7. The summed E-state index contributed by atoms with van der Waals surface area (Å²) in [6, 6.07) is 10.6. The van der Waals surface area contributed by atoms with Crippen LogP contribution in [0.1, 0.15) is 84.0 Å². The smallest absolute Gasteiger partial charge is 0.211 e. The molecule has 2 aromatic rings. The van der Waals surface area contributed by atoms with Crippen LogP contribution in [0.2, 0.25) is 5.02 Å². The van der Waals surface area contributed by atoms with Gasteiger partial charge in [-0.2, -0.15) is 0 Å². The summed E-state index contributed by atoms with van der Waals surface area (Å²) in [4.78, 5) is 23.0. The van der Waals surface area contributed by atoms with E-state index in [1.165, 1.54) is 12.1 Å². The molecule has 3 N–H and O–H groups in total. The van der Waals surface area contributed by atoms with Gasteiger partial charge in [0.2, 0.25) is 12.8 Å². The molecule has 1 saturated heterocycles. The van der Waals surface area contributed by atoms with Crippen LogP contribution >= 0.6 is 11.6 Å². The van der Waals surface area contributed by atoms with Crippen molar-refractivity contribution in [2.24, 2.45) is 5.41 Å². The molecule has 7 nitrogen and oxygen atoms in total. The second-order valence-electron chi connectivity index (χ2n) is 11.6. The Balaban J connectivity index is 0.000000770. The Hall–Kier alpha value is -2.52. The highest BCUT2D eigenvalue weighted by atomic mass is 35.5. The number of nitrogens with one attached hydrogen (secondary N) is 3. The maximum atomic E-state index is 13.5. The van der Waals surface area contributed by atoms with E-state index in [9.17, 15) is 14.0 Å². The lowest BCUT2D eigenvalue weighted by atomic mass is 9.99. The molecule has 238 valence electrons. The molecule has 0 bridgehead atoms. The number of aryl methyl sites for hydroxylation is 1. The Morgan fingerprint density at radius 3 is 2.19 bits per heavy atom. The normalized spacial score (nSPS) is 14.4. The zero-order chi connectivity index (χ0) is 32.1. The first kappa shape index (κ1) is 39.5. The van der Waals surface area contributed by atoms with E-state index in [1.807, 2.05) is 52.8 Å². The Kier molecular flexibility index (Phi) is 20.8. The van der Waals surface area contributed by atoms with Gasteiger partial charge in [-0.25, -0.2) is 4.39 Å². The number of carbonyl (C=O) groups is 2. The van der Waals surface area contributed by atoms with Crippen molar-refractivity contribution in [1.82, 2.24) is 15.5 Å². The number of carbonyl (C=O) groups excluding carboxylic acids is 2. The highest BCUT2D eigenvalue weighted by molar-refractivity contribution is 6.30. The van der Waals surface area contributed by atoms with Crippen molar-refractivity contribution >= 4 is 30.1 Å². The Bertz CT molecular complexity index is 1000. The third kappa shape index (κ3) is 18.8. The van der Waals surface area contributed by atoms with E-state index in [2.05, 4.69) is 48.5 Å². The van der Waals surface area contributed by atoms with Gasteiger partial charge in [-0.3, -0.25) is 14.5 Å². The largest absolute Gasteiger partial charge is 0.379 e. The fraction of sp³-hybridized carbons (Fsp3) is 0.576. The minimum atomic E-state index is -0.326. The average Bonchev–Trinajstić information content (AvgIpc) is 2.93. The molecular weight excluding hydrogens is 555 g/mol. The molecule has 1 aliphatic rings. The van der Waals surface area contributed by atoms with Gasteiger partial charge in [-0.15, -0.1) is 0 Å². The first-order chi connectivity index (χ1) is 19.8. The number of amides is 2. The minimum absolute atomic E-state index is 0.0412. The van der Waals surface area contributed by atoms with Gasteiger partial charge in [0.15, 0.2) is 0 Å². The van der Waals surface area contributed by atoms with Crippen LogP contribution < -0.4 is 16.0 Å². The number of anilines is 1. The van der Waals surface area contributed by atoms with Gasteiger partial charge in [0.25, 0.3) is 0 Å². The van der Waals surface area contributed by atoms with E-state index in [4.69, 9.17) is 16.3 Å². The van der Waals surface area contributed by atoms with Crippen LogP contribution in [0.15, 0.2) is 36.4 Å². The van der Waals surface area contributed by atoms with Crippen molar-refractivity contribution in [3.63, 3.8) is 0 Å². The second kappa shape index (κ2) is 22.1. The molecule has 0 aromatic heterocycles. The van der Waals surface area contributed by atoms with Crippen LogP contribution in [0.4, 0.5) is 10.1 Å². The summed E-state index contributed by atoms with van der Waals surface area (Å²) in [7, 11) is 0. The zero-order valence-electron chi connectivity index (χ0n) is 27.2. The number of nitrogens with zero attached hydrogens (tertiary/aromatic N) is 1. The number of hydrogen-bond acceptors (Lipinski definition) is 5. The van der Waals surface area contributed by atoms with Gasteiger partial charge in [0, 0.05) is 49.5 Å². The first-order valence-corrected chi connectivity index (χ1v) is 15.2. The van der Waals surface area contributed by atoms with Crippen LogP contribution in [-0.2, 0) is 14.3 Å². The van der Waals surface area contributed by atoms with Crippen LogP contribution in [0, 0.1) is 18.2 Å². The van der Waals surface area contributed by atoms with Crippen molar-refractivity contribution in [3.05, 3.63) is 63.9 Å². The lowest BCUT2D eigenvalue weighted by Crippen LogP contribution is -2.40. The summed E-state index contributed by atoms with van der Waals surface area (Å²) in [5, 5.41) is 9.21. The topological polar surface area (TPSA) is 82.7 Å². The van der Waals surface area contributed by atoms with E-state index in [1.54, 1.807) is 6.07 Å². The Morgan fingerprint density at radius 2 is 1.64 bits per heavy atom. The molecular formula is C33H54ClFN4O3. The molecule has 2 atom stereocenters.